The van der Waals surface area contributed by atoms with Crippen LogP contribution < -0.4 is 5.32 Å². The van der Waals surface area contributed by atoms with Gasteiger partial charge in [0.25, 0.3) is 5.91 Å². The summed E-state index contributed by atoms with van der Waals surface area (Å²) in [5.74, 6) is -0.584. The first-order valence-electron chi connectivity index (χ1n) is 27.8. The number of anilines is 1. The van der Waals surface area contributed by atoms with E-state index < -0.39 is 0 Å². The van der Waals surface area contributed by atoms with Gasteiger partial charge in [0, 0.05) is 80.1 Å². The molecule has 6 heterocycles. The molecule has 13 rings (SSSR count). The minimum atomic E-state index is -0.356. The van der Waals surface area contributed by atoms with Crippen LogP contribution >= 0.6 is 0 Å². The van der Waals surface area contributed by atoms with Crippen LogP contribution in [0.15, 0.2) is 164 Å². The van der Waals surface area contributed by atoms with Crippen molar-refractivity contribution in [2.75, 3.05) is 11.9 Å². The predicted molar refractivity (Wildman–Crippen MR) is 336 cm³/mol. The van der Waals surface area contributed by atoms with E-state index in [1.165, 1.54) is 11.1 Å². The summed E-state index contributed by atoms with van der Waals surface area (Å²) >= 11 is 0. The Hall–Kier alpha value is -10.2. The van der Waals surface area contributed by atoms with E-state index >= 15 is 0 Å². The summed E-state index contributed by atoms with van der Waals surface area (Å²) in [4.78, 5) is 51.5. The number of aryl methyl sites for hydroxylation is 6. The second-order valence-electron chi connectivity index (χ2n) is 21.6. The summed E-state index contributed by atoms with van der Waals surface area (Å²) in [7, 11) is 0. The van der Waals surface area contributed by atoms with Crippen molar-refractivity contribution in [2.45, 2.75) is 55.0 Å². The van der Waals surface area contributed by atoms with E-state index in [0.717, 1.165) is 139 Å². The quantitative estimate of drug-likeness (QED) is 0.0924. The van der Waals surface area contributed by atoms with Crippen LogP contribution in [-0.2, 0) is 11.3 Å². The van der Waals surface area contributed by atoms with Gasteiger partial charge in [-0.3, -0.25) is 4.79 Å². The van der Waals surface area contributed by atoms with E-state index in [-0.39, 0.29) is 18.5 Å². The first-order valence-corrected chi connectivity index (χ1v) is 27.8. The number of amides is 1. The number of para-hydroxylation sites is 1. The van der Waals surface area contributed by atoms with Crippen LogP contribution in [0.3, 0.4) is 0 Å². The maximum absolute atomic E-state index is 14.5. The lowest BCUT2D eigenvalue weighted by atomic mass is 9.92. The number of fused-ring (bicyclic) bond motifs is 10. The molecule has 0 saturated heterocycles. The number of hydrogen-bond donors (Lipinski definition) is 3. The molecule has 0 aliphatic carbocycles. The van der Waals surface area contributed by atoms with Crippen LogP contribution in [0.4, 0.5) is 5.69 Å². The number of aromatic amines is 2. The number of H-pyrrole nitrogens is 2. The van der Waals surface area contributed by atoms with Gasteiger partial charge in [-0.15, -0.1) is 0 Å². The molecule has 2 aliphatic heterocycles. The molecule has 0 radical (unpaired) electrons. The number of rotatable bonds is 10. The standard InChI is InChI=1S/C72H59N7O3/c1-8-82-72(81)52-20-13-16-49-37-48-15-12-19-51(54(48)38-55(49)52)67-57-22-26-61(74-57)69(65-43(4)32-41(2)33-44(65)5)63-28-24-59(76-63)68(53-18-9-10-21-56(53)78-71(80)50-17-11-14-47(36-50)39-79-31-30-73-40-79)60-25-29-64(77-60)70(62-27-23-58(67)75-62)66-45(6)34-42(3)35-46(66)7/h9-38,40,74,77H,8,39H2,1-7H3,(H,78,80). The number of carbonyl (C=O) groups is 2. The zero-order valence-corrected chi connectivity index (χ0v) is 46.8. The molecule has 0 fully saturated rings. The second-order valence-corrected chi connectivity index (χ2v) is 21.6. The van der Waals surface area contributed by atoms with Crippen LogP contribution in [-0.4, -0.2) is 48.0 Å². The van der Waals surface area contributed by atoms with Crippen molar-refractivity contribution in [1.29, 1.82) is 0 Å². The van der Waals surface area contributed by atoms with Crippen LogP contribution in [0.1, 0.15) is 89.4 Å². The van der Waals surface area contributed by atoms with E-state index in [0.29, 0.717) is 23.4 Å². The monoisotopic (exact) mass is 1070 g/mol. The lowest BCUT2D eigenvalue weighted by Gasteiger charge is -2.14. The van der Waals surface area contributed by atoms with Gasteiger partial charge in [0.15, 0.2) is 0 Å². The highest BCUT2D eigenvalue weighted by molar-refractivity contribution is 6.14. The fourth-order valence-electron chi connectivity index (χ4n) is 12.5. The van der Waals surface area contributed by atoms with Crippen molar-refractivity contribution < 1.29 is 14.3 Å². The minimum absolute atomic E-state index is 0.228. The highest BCUT2D eigenvalue weighted by atomic mass is 16.5. The van der Waals surface area contributed by atoms with Crippen molar-refractivity contribution in [3.63, 3.8) is 0 Å². The molecule has 7 aromatic carbocycles. The summed E-state index contributed by atoms with van der Waals surface area (Å²) in [6.45, 7) is 15.6. The molecular weight excluding hydrogens is 1010 g/mol. The van der Waals surface area contributed by atoms with E-state index in [1.807, 2.05) is 78.4 Å². The topological polar surface area (TPSA) is 131 Å². The number of aromatic nitrogens is 6. The Kier molecular flexibility index (Phi) is 13.0. The molecule has 1 amide bonds. The Balaban J connectivity index is 1.12. The molecule has 82 heavy (non-hydrogen) atoms. The first kappa shape index (κ1) is 51.3. The molecule has 8 bridgehead atoms. The van der Waals surface area contributed by atoms with Crippen LogP contribution in [0.5, 0.6) is 0 Å². The maximum atomic E-state index is 14.5. The Morgan fingerprint density at radius 3 is 1.63 bits per heavy atom. The van der Waals surface area contributed by atoms with Gasteiger partial charge in [0.05, 0.1) is 41.3 Å². The molecule has 0 spiro atoms. The Morgan fingerprint density at radius 1 is 0.524 bits per heavy atom. The van der Waals surface area contributed by atoms with E-state index in [9.17, 15) is 9.59 Å². The number of ether oxygens (including phenoxy) is 1. The predicted octanol–water partition coefficient (Wildman–Crippen LogP) is 17.2. The smallest absolute Gasteiger partial charge is 0.338 e. The zero-order chi connectivity index (χ0) is 56.3. The molecule has 0 saturated carbocycles. The van der Waals surface area contributed by atoms with Crippen LogP contribution in [0.2, 0.25) is 0 Å². The summed E-state index contributed by atoms with van der Waals surface area (Å²) in [5.41, 5.74) is 23.5. The molecule has 10 nitrogen and oxygen atoms in total. The molecule has 0 atom stereocenters. The van der Waals surface area contributed by atoms with E-state index in [2.05, 4.69) is 171 Å². The van der Waals surface area contributed by atoms with Crippen molar-refractivity contribution in [1.82, 2.24) is 29.5 Å². The highest BCUT2D eigenvalue weighted by Gasteiger charge is 2.24. The number of esters is 1. The lowest BCUT2D eigenvalue weighted by molar-refractivity contribution is 0.0528. The zero-order valence-electron chi connectivity index (χ0n) is 46.8. The van der Waals surface area contributed by atoms with E-state index in [1.54, 1.807) is 12.5 Å². The van der Waals surface area contributed by atoms with E-state index in [4.69, 9.17) is 14.7 Å². The third-order valence-corrected chi connectivity index (χ3v) is 15.8. The van der Waals surface area contributed by atoms with Crippen molar-refractivity contribution in [3.05, 3.63) is 237 Å². The Labute approximate surface area is 475 Å². The molecule has 400 valence electrons. The van der Waals surface area contributed by atoms with Gasteiger partial charge < -0.3 is 24.6 Å². The van der Waals surface area contributed by atoms with Crippen LogP contribution in [0, 0.1) is 41.5 Å². The number of benzene rings is 7. The molecule has 4 aromatic heterocycles. The maximum Gasteiger partial charge on any atom is 0.338 e. The summed E-state index contributed by atoms with van der Waals surface area (Å²) in [5, 5.41) is 7.08. The average Bonchev–Trinajstić information content (AvgIpc) is 4.38. The third kappa shape index (κ3) is 9.27. The second kappa shape index (κ2) is 20.8. The molecular formula is C72H59N7O3. The normalized spacial score (nSPS) is 11.9. The number of imidazole rings is 1. The minimum Gasteiger partial charge on any atom is -0.462 e. The van der Waals surface area contributed by atoms with Gasteiger partial charge >= 0.3 is 5.97 Å². The molecule has 11 aromatic rings. The van der Waals surface area contributed by atoms with Gasteiger partial charge in [-0.2, -0.15) is 0 Å². The summed E-state index contributed by atoms with van der Waals surface area (Å²) < 4.78 is 7.58. The highest BCUT2D eigenvalue weighted by Crippen LogP contribution is 2.44. The summed E-state index contributed by atoms with van der Waals surface area (Å²) in [6.07, 6.45) is 13.9. The lowest BCUT2D eigenvalue weighted by Crippen LogP contribution is -2.13. The fraction of sp³-hybridized carbons (Fsp3) is 0.125. The van der Waals surface area contributed by atoms with Gasteiger partial charge in [-0.25, -0.2) is 19.7 Å². The van der Waals surface area contributed by atoms with Gasteiger partial charge in [0.1, 0.15) is 0 Å². The average molecular weight is 1070 g/mol. The Bertz CT molecular complexity index is 4600. The number of carbonyl (C=O) groups excluding carboxylic acids is 2. The number of hydrogen-bond acceptors (Lipinski definition) is 6. The SMILES string of the molecule is CCOC(=O)c1cccc2cc3cccc(-c4c5nc(c(-c6c(C)cc(C)cc6C)c6ccc([nH]6)c(-c6ccccc6NC(=O)c6cccc(Cn7ccnc7)c6)c6nc(c(-c7c(C)cc(C)cc7C)c7ccc4[nH]7)C=C6)C=C5)c3cc12. The van der Waals surface area contributed by atoms with Gasteiger partial charge in [-0.05, 0) is 199 Å². The van der Waals surface area contributed by atoms with Crippen molar-refractivity contribution in [2.24, 2.45) is 0 Å². The molecule has 2 aliphatic rings. The number of nitrogens with one attached hydrogen (secondary N) is 3. The number of nitrogens with zero attached hydrogens (tertiary/aromatic N) is 4. The van der Waals surface area contributed by atoms with Crippen molar-refractivity contribution >= 4 is 85.5 Å². The van der Waals surface area contributed by atoms with Gasteiger partial charge in [0.2, 0.25) is 0 Å². The molecule has 10 heteroatoms. The molecule has 3 N–H and O–H groups in total. The van der Waals surface area contributed by atoms with Crippen LogP contribution in [0.25, 0.3) is 112 Å². The largest absolute Gasteiger partial charge is 0.462 e. The first-order chi connectivity index (χ1) is 39.9. The Morgan fingerprint density at radius 2 is 1.05 bits per heavy atom. The fourth-order valence-corrected chi connectivity index (χ4v) is 12.5. The third-order valence-electron chi connectivity index (χ3n) is 15.8. The molecule has 0 unspecified atom stereocenters. The van der Waals surface area contributed by atoms with Crippen molar-refractivity contribution in [3.8, 4) is 44.5 Å². The summed E-state index contributed by atoms with van der Waals surface area (Å²) in [6, 6.07) is 49.7. The van der Waals surface area contributed by atoms with Gasteiger partial charge in [-0.1, -0.05) is 96.1 Å².